The molecule has 0 fully saturated rings. The van der Waals surface area contributed by atoms with Gasteiger partial charge in [-0.05, 0) is 36.8 Å². The molecule has 3 N–H and O–H groups in total. The number of ether oxygens (including phenoxy) is 1. The van der Waals surface area contributed by atoms with Crippen LogP contribution < -0.4 is 20.7 Å². The first-order valence-corrected chi connectivity index (χ1v) is 7.25. The van der Waals surface area contributed by atoms with Crippen molar-refractivity contribution in [2.75, 3.05) is 35.6 Å². The Morgan fingerprint density at radius 2 is 2.18 bits per heavy atom. The predicted octanol–water partition coefficient (Wildman–Crippen LogP) is 2.41. The quantitative estimate of drug-likeness (QED) is 0.854. The largest absolute Gasteiger partial charge is 0.489 e. The van der Waals surface area contributed by atoms with Gasteiger partial charge >= 0.3 is 0 Å². The third kappa shape index (κ3) is 3.14. The Labute approximate surface area is 129 Å². The number of rotatable bonds is 3. The summed E-state index contributed by atoms with van der Waals surface area (Å²) in [5.41, 5.74) is 9.26. The molecule has 1 heterocycles. The number of anilines is 3. The van der Waals surface area contributed by atoms with Gasteiger partial charge in [0.25, 0.3) is 0 Å². The average molecular weight is 297 g/mol. The van der Waals surface area contributed by atoms with E-state index in [-0.39, 0.29) is 12.5 Å². The second-order valence-electron chi connectivity index (χ2n) is 5.41. The molecule has 3 rings (SSSR count). The van der Waals surface area contributed by atoms with Crippen molar-refractivity contribution in [2.45, 2.75) is 6.92 Å². The summed E-state index contributed by atoms with van der Waals surface area (Å²) in [5.74, 6) is 0.685. The van der Waals surface area contributed by atoms with Crippen LogP contribution in [0.1, 0.15) is 5.56 Å². The molecule has 0 aromatic heterocycles. The van der Waals surface area contributed by atoms with Gasteiger partial charge in [0.05, 0.1) is 18.8 Å². The Morgan fingerprint density at radius 1 is 1.32 bits per heavy atom. The highest BCUT2D eigenvalue weighted by atomic mass is 16.5. The average Bonchev–Trinajstić information content (AvgIpc) is 2.47. The highest BCUT2D eigenvalue weighted by molar-refractivity contribution is 5.94. The Kier molecular flexibility index (Phi) is 3.87. The predicted molar refractivity (Wildman–Crippen MR) is 88.4 cm³/mol. The van der Waals surface area contributed by atoms with Crippen LogP contribution in [-0.4, -0.2) is 25.6 Å². The summed E-state index contributed by atoms with van der Waals surface area (Å²) in [4.78, 5) is 14.3. The number of nitrogens with two attached hydrogens (primary N) is 1. The number of hydrogen-bond acceptors (Lipinski definition) is 4. The molecule has 0 unspecified atom stereocenters. The number of nitrogen functional groups attached to an aromatic ring is 1. The number of benzene rings is 2. The maximum Gasteiger partial charge on any atom is 0.243 e. The second-order valence-corrected chi connectivity index (χ2v) is 5.41. The number of fused-ring (bicyclic) bond motifs is 1. The number of aryl methyl sites for hydroxylation is 1. The molecule has 2 aromatic rings. The summed E-state index contributed by atoms with van der Waals surface area (Å²) in [7, 11) is 0. The third-order valence-electron chi connectivity index (χ3n) is 3.58. The number of nitrogens with one attached hydrogen (secondary N) is 1. The van der Waals surface area contributed by atoms with Gasteiger partial charge < -0.3 is 20.7 Å². The molecular weight excluding hydrogens is 278 g/mol. The smallest absolute Gasteiger partial charge is 0.243 e. The van der Waals surface area contributed by atoms with Crippen LogP contribution in [0.3, 0.4) is 0 Å². The first-order valence-electron chi connectivity index (χ1n) is 7.25. The van der Waals surface area contributed by atoms with Gasteiger partial charge in [-0.2, -0.15) is 0 Å². The Bertz CT molecular complexity index is 700. The van der Waals surface area contributed by atoms with Crippen LogP contribution in [0.15, 0.2) is 42.5 Å². The van der Waals surface area contributed by atoms with Gasteiger partial charge in [0.2, 0.25) is 5.91 Å². The van der Waals surface area contributed by atoms with Crippen molar-refractivity contribution in [3.8, 4) is 5.75 Å². The Hall–Kier alpha value is -2.69. The van der Waals surface area contributed by atoms with E-state index in [0.29, 0.717) is 18.8 Å². The van der Waals surface area contributed by atoms with E-state index in [1.54, 1.807) is 6.07 Å². The first-order chi connectivity index (χ1) is 10.6. The summed E-state index contributed by atoms with van der Waals surface area (Å²) < 4.78 is 5.60. The standard InChI is InChI=1S/C17H19N3O2/c1-12-3-2-4-14(9-12)19-17(21)11-20-7-8-22-16-10-13(18)5-6-15(16)20/h2-6,9-10H,7-8,11,18H2,1H3,(H,19,21). The zero-order valence-electron chi connectivity index (χ0n) is 12.5. The van der Waals surface area contributed by atoms with E-state index in [2.05, 4.69) is 5.32 Å². The lowest BCUT2D eigenvalue weighted by molar-refractivity contribution is -0.115. The number of carbonyl (C=O) groups excluding carboxylic acids is 1. The SMILES string of the molecule is Cc1cccc(NC(=O)CN2CCOc3cc(N)ccc32)c1. The second kappa shape index (κ2) is 5.97. The molecule has 0 bridgehead atoms. The fraction of sp³-hybridized carbons (Fsp3) is 0.235. The first kappa shape index (κ1) is 14.3. The van der Waals surface area contributed by atoms with E-state index in [0.717, 1.165) is 22.7 Å². The topological polar surface area (TPSA) is 67.6 Å². The van der Waals surface area contributed by atoms with E-state index in [1.165, 1.54) is 0 Å². The Balaban J connectivity index is 1.70. The lowest BCUT2D eigenvalue weighted by atomic mass is 10.2. The maximum atomic E-state index is 12.3. The van der Waals surface area contributed by atoms with Crippen molar-refractivity contribution in [3.63, 3.8) is 0 Å². The number of carbonyl (C=O) groups is 1. The molecule has 2 aromatic carbocycles. The van der Waals surface area contributed by atoms with Crippen LogP contribution in [0.5, 0.6) is 5.75 Å². The summed E-state index contributed by atoms with van der Waals surface area (Å²) in [5, 5.41) is 2.93. The molecule has 0 saturated carbocycles. The zero-order valence-corrected chi connectivity index (χ0v) is 12.5. The molecule has 114 valence electrons. The van der Waals surface area contributed by atoms with Gasteiger partial charge in [-0.25, -0.2) is 0 Å². The highest BCUT2D eigenvalue weighted by Gasteiger charge is 2.20. The number of nitrogens with zero attached hydrogens (tertiary/aromatic N) is 1. The fourth-order valence-electron chi connectivity index (χ4n) is 2.55. The summed E-state index contributed by atoms with van der Waals surface area (Å²) in [6.45, 7) is 3.51. The lowest BCUT2D eigenvalue weighted by Crippen LogP contribution is -2.38. The van der Waals surface area contributed by atoms with Crippen LogP contribution in [0, 0.1) is 6.92 Å². The molecule has 5 nitrogen and oxygen atoms in total. The van der Waals surface area contributed by atoms with Crippen LogP contribution in [-0.2, 0) is 4.79 Å². The molecular formula is C17H19N3O2. The molecule has 0 radical (unpaired) electrons. The lowest BCUT2D eigenvalue weighted by Gasteiger charge is -2.30. The van der Waals surface area contributed by atoms with Gasteiger partial charge in [0.15, 0.2) is 0 Å². The molecule has 0 aliphatic carbocycles. The summed E-state index contributed by atoms with van der Waals surface area (Å²) >= 11 is 0. The van der Waals surface area contributed by atoms with Gasteiger partial charge in [-0.3, -0.25) is 4.79 Å². The van der Waals surface area contributed by atoms with Crippen molar-refractivity contribution >= 4 is 23.0 Å². The van der Waals surface area contributed by atoms with Crippen molar-refractivity contribution in [3.05, 3.63) is 48.0 Å². The van der Waals surface area contributed by atoms with Crippen LogP contribution >= 0.6 is 0 Å². The van der Waals surface area contributed by atoms with E-state index in [9.17, 15) is 4.79 Å². The normalized spacial score (nSPS) is 13.2. The highest BCUT2D eigenvalue weighted by Crippen LogP contribution is 2.33. The van der Waals surface area contributed by atoms with E-state index >= 15 is 0 Å². The third-order valence-corrected chi connectivity index (χ3v) is 3.58. The minimum Gasteiger partial charge on any atom is -0.489 e. The van der Waals surface area contributed by atoms with E-state index < -0.39 is 0 Å². The van der Waals surface area contributed by atoms with Crippen molar-refractivity contribution in [1.82, 2.24) is 0 Å². The molecule has 0 atom stereocenters. The van der Waals surface area contributed by atoms with Gasteiger partial charge in [-0.15, -0.1) is 0 Å². The summed E-state index contributed by atoms with van der Waals surface area (Å²) in [6, 6.07) is 13.3. The minimum absolute atomic E-state index is 0.0460. The zero-order chi connectivity index (χ0) is 15.5. The van der Waals surface area contributed by atoms with Crippen molar-refractivity contribution in [2.24, 2.45) is 0 Å². The molecule has 1 aliphatic heterocycles. The number of amides is 1. The molecule has 0 saturated heterocycles. The Morgan fingerprint density at radius 3 is 3.00 bits per heavy atom. The van der Waals surface area contributed by atoms with Crippen LogP contribution in [0.4, 0.5) is 17.1 Å². The molecule has 0 spiro atoms. The minimum atomic E-state index is -0.0460. The summed E-state index contributed by atoms with van der Waals surface area (Å²) in [6.07, 6.45) is 0. The van der Waals surface area contributed by atoms with Crippen LogP contribution in [0.2, 0.25) is 0 Å². The van der Waals surface area contributed by atoms with Crippen LogP contribution in [0.25, 0.3) is 0 Å². The van der Waals surface area contributed by atoms with Gasteiger partial charge in [0, 0.05) is 17.4 Å². The van der Waals surface area contributed by atoms with E-state index in [4.69, 9.17) is 10.5 Å². The maximum absolute atomic E-state index is 12.3. The number of hydrogen-bond donors (Lipinski definition) is 2. The molecule has 1 amide bonds. The molecule has 1 aliphatic rings. The fourth-order valence-corrected chi connectivity index (χ4v) is 2.55. The van der Waals surface area contributed by atoms with Gasteiger partial charge in [-0.1, -0.05) is 12.1 Å². The van der Waals surface area contributed by atoms with Gasteiger partial charge in [0.1, 0.15) is 12.4 Å². The van der Waals surface area contributed by atoms with E-state index in [1.807, 2.05) is 48.2 Å². The van der Waals surface area contributed by atoms with Crippen molar-refractivity contribution < 1.29 is 9.53 Å². The van der Waals surface area contributed by atoms with Crippen molar-refractivity contribution in [1.29, 1.82) is 0 Å². The molecule has 5 heteroatoms. The monoisotopic (exact) mass is 297 g/mol. The molecule has 22 heavy (non-hydrogen) atoms.